The maximum Gasteiger partial charge on any atom is 0.417 e. The van der Waals surface area contributed by atoms with Crippen molar-refractivity contribution < 1.29 is 32.2 Å². The summed E-state index contributed by atoms with van der Waals surface area (Å²) in [5.41, 5.74) is -2.32. The molecule has 196 valence electrons. The van der Waals surface area contributed by atoms with Gasteiger partial charge in [-0.1, -0.05) is 24.3 Å². The van der Waals surface area contributed by atoms with Crippen LogP contribution in [-0.2, 0) is 20.4 Å². The second kappa shape index (κ2) is 9.55. The fraction of sp³-hybridized carbons (Fsp3) is 0.346. The van der Waals surface area contributed by atoms with Crippen molar-refractivity contribution in [1.82, 2.24) is 9.88 Å². The number of rotatable bonds is 6. The van der Waals surface area contributed by atoms with Gasteiger partial charge in [-0.2, -0.15) is 13.2 Å². The lowest BCUT2D eigenvalue weighted by Gasteiger charge is -2.30. The Morgan fingerprint density at radius 1 is 1.14 bits per heavy atom. The van der Waals surface area contributed by atoms with Gasteiger partial charge >= 0.3 is 18.2 Å². The molecule has 1 atom stereocenters. The minimum absolute atomic E-state index is 0.0279. The third-order valence-electron chi connectivity index (χ3n) is 6.07. The van der Waals surface area contributed by atoms with E-state index in [1.165, 1.54) is 35.2 Å². The third-order valence-corrected chi connectivity index (χ3v) is 6.07. The summed E-state index contributed by atoms with van der Waals surface area (Å²) in [4.78, 5) is 43.2. The van der Waals surface area contributed by atoms with Gasteiger partial charge in [0.2, 0.25) is 0 Å². The molecule has 3 aromatic rings. The summed E-state index contributed by atoms with van der Waals surface area (Å²) >= 11 is 0. The lowest BCUT2D eigenvalue weighted by Crippen LogP contribution is -2.44. The smallest absolute Gasteiger partial charge is 0.417 e. The second-order valence-electron chi connectivity index (χ2n) is 9.63. The summed E-state index contributed by atoms with van der Waals surface area (Å²) in [6.07, 6.45) is -6.03. The van der Waals surface area contributed by atoms with Crippen LogP contribution in [0.5, 0.6) is 0 Å². The van der Waals surface area contributed by atoms with E-state index >= 15 is 0 Å². The number of cyclic esters (lactones) is 1. The maximum atomic E-state index is 13.5. The predicted octanol–water partition coefficient (Wildman–Crippen LogP) is 4.42. The van der Waals surface area contributed by atoms with Crippen molar-refractivity contribution in [3.63, 3.8) is 0 Å². The first kappa shape index (κ1) is 26.2. The first-order valence-corrected chi connectivity index (χ1v) is 11.4. The van der Waals surface area contributed by atoms with E-state index in [9.17, 15) is 27.6 Å². The molecular weight excluding hydrogens is 491 g/mol. The van der Waals surface area contributed by atoms with Gasteiger partial charge in [0.1, 0.15) is 5.60 Å². The quantitative estimate of drug-likeness (QED) is 0.487. The van der Waals surface area contributed by atoms with Gasteiger partial charge < -0.3 is 14.5 Å². The van der Waals surface area contributed by atoms with Crippen LogP contribution in [0.4, 0.5) is 23.7 Å². The van der Waals surface area contributed by atoms with Crippen molar-refractivity contribution >= 4 is 28.5 Å². The number of hydrogen-bond acceptors (Lipinski definition) is 6. The average molecular weight is 518 g/mol. The Kier molecular flexibility index (Phi) is 6.76. The molecule has 8 nitrogen and oxygen atoms in total. The number of hydrogen-bond donors (Lipinski definition) is 1. The van der Waals surface area contributed by atoms with Gasteiger partial charge in [0.15, 0.2) is 6.10 Å². The zero-order valence-electron chi connectivity index (χ0n) is 20.7. The number of alkyl halides is 3. The molecule has 1 fully saturated rings. The van der Waals surface area contributed by atoms with E-state index in [1.807, 2.05) is 0 Å². The number of nitrogens with one attached hydrogen (secondary N) is 1. The van der Waals surface area contributed by atoms with Crippen LogP contribution in [-0.4, -0.2) is 60.8 Å². The molecule has 0 bridgehead atoms. The molecule has 1 amide bonds. The Labute approximate surface area is 210 Å². The van der Waals surface area contributed by atoms with Crippen molar-refractivity contribution in [3.8, 4) is 11.3 Å². The SMILES string of the molecule is CN(C)CC(=O)OC(C)(C)C1CN(c2ccc3cc(-c4ccccc4C(F)(F)F)[nH]c(=O)c3c2)C(=O)O1. The van der Waals surface area contributed by atoms with E-state index in [-0.39, 0.29) is 29.7 Å². The monoisotopic (exact) mass is 517 g/mol. The largest absolute Gasteiger partial charge is 0.455 e. The van der Waals surface area contributed by atoms with Crippen LogP contribution in [0.15, 0.2) is 53.3 Å². The normalized spacial score (nSPS) is 16.4. The van der Waals surface area contributed by atoms with Gasteiger partial charge in [0, 0.05) is 22.3 Å². The van der Waals surface area contributed by atoms with Crippen LogP contribution in [0.2, 0.25) is 0 Å². The zero-order chi connectivity index (χ0) is 27.1. The number of anilines is 1. The molecule has 37 heavy (non-hydrogen) atoms. The number of carbonyl (C=O) groups is 2. The molecule has 0 radical (unpaired) electrons. The first-order valence-electron chi connectivity index (χ1n) is 11.4. The molecular formula is C26H26F3N3O5. The van der Waals surface area contributed by atoms with Gasteiger partial charge in [0.05, 0.1) is 18.7 Å². The number of likely N-dealkylation sites (N-methyl/N-ethyl adjacent to an activating group) is 1. The summed E-state index contributed by atoms with van der Waals surface area (Å²) in [7, 11) is 3.45. The number of ether oxygens (including phenoxy) is 2. The topological polar surface area (TPSA) is 91.9 Å². The van der Waals surface area contributed by atoms with Crippen molar-refractivity contribution in [2.45, 2.75) is 31.7 Å². The van der Waals surface area contributed by atoms with Gasteiger partial charge in [-0.25, -0.2) is 4.79 Å². The summed E-state index contributed by atoms with van der Waals surface area (Å²) in [6.45, 7) is 3.43. The van der Waals surface area contributed by atoms with E-state index in [1.54, 1.807) is 45.0 Å². The van der Waals surface area contributed by atoms with Gasteiger partial charge in [-0.15, -0.1) is 0 Å². The summed E-state index contributed by atoms with van der Waals surface area (Å²) in [5, 5.41) is 0.597. The molecule has 1 saturated heterocycles. The minimum atomic E-state index is -4.59. The number of H-pyrrole nitrogens is 1. The summed E-state index contributed by atoms with van der Waals surface area (Å²) < 4.78 is 51.4. The fourth-order valence-electron chi connectivity index (χ4n) is 4.21. The van der Waals surface area contributed by atoms with Crippen LogP contribution in [0.3, 0.4) is 0 Å². The molecule has 1 aliphatic rings. The molecule has 2 heterocycles. The lowest BCUT2D eigenvalue weighted by molar-refractivity contribution is -0.165. The Hall–Kier alpha value is -3.86. The van der Waals surface area contributed by atoms with Crippen LogP contribution in [0.25, 0.3) is 22.0 Å². The molecule has 11 heteroatoms. The van der Waals surface area contributed by atoms with Gasteiger partial charge in [0.25, 0.3) is 5.56 Å². The highest BCUT2D eigenvalue weighted by Gasteiger charge is 2.44. The Bertz CT molecular complexity index is 1410. The molecule has 1 aliphatic heterocycles. The Morgan fingerprint density at radius 2 is 1.84 bits per heavy atom. The summed E-state index contributed by atoms with van der Waals surface area (Å²) in [6, 6.07) is 11.1. The molecule has 1 aromatic heterocycles. The number of amides is 1. The number of benzene rings is 2. The van der Waals surface area contributed by atoms with E-state index in [2.05, 4.69) is 4.98 Å². The number of esters is 1. The Balaban J connectivity index is 1.62. The molecule has 4 rings (SSSR count). The van der Waals surface area contributed by atoms with Crippen molar-refractivity contribution in [2.75, 3.05) is 32.1 Å². The number of pyridine rings is 1. The highest BCUT2D eigenvalue weighted by atomic mass is 19.4. The number of aromatic nitrogens is 1. The maximum absolute atomic E-state index is 13.5. The van der Waals surface area contributed by atoms with Crippen molar-refractivity contribution in [1.29, 1.82) is 0 Å². The van der Waals surface area contributed by atoms with Crippen LogP contribution >= 0.6 is 0 Å². The number of halogens is 3. The highest BCUT2D eigenvalue weighted by molar-refractivity contribution is 5.95. The number of nitrogens with zero attached hydrogens (tertiary/aromatic N) is 2. The van der Waals surface area contributed by atoms with Gasteiger partial charge in [-0.05, 0) is 57.6 Å². The van der Waals surface area contributed by atoms with Crippen molar-refractivity contribution in [3.05, 3.63) is 64.4 Å². The highest BCUT2D eigenvalue weighted by Crippen LogP contribution is 2.37. The minimum Gasteiger partial charge on any atom is -0.455 e. The van der Waals surface area contributed by atoms with Crippen LogP contribution in [0.1, 0.15) is 19.4 Å². The predicted molar refractivity (Wildman–Crippen MR) is 131 cm³/mol. The molecule has 1 unspecified atom stereocenters. The zero-order valence-corrected chi connectivity index (χ0v) is 20.7. The van der Waals surface area contributed by atoms with E-state index in [4.69, 9.17) is 9.47 Å². The molecule has 0 spiro atoms. The van der Waals surface area contributed by atoms with E-state index in [0.717, 1.165) is 6.07 Å². The fourth-order valence-corrected chi connectivity index (χ4v) is 4.21. The number of fused-ring (bicyclic) bond motifs is 1. The average Bonchev–Trinajstić information content (AvgIpc) is 3.20. The van der Waals surface area contributed by atoms with E-state index < -0.39 is 41.1 Å². The number of carbonyl (C=O) groups excluding carboxylic acids is 2. The molecule has 1 N–H and O–H groups in total. The molecule has 0 aliphatic carbocycles. The van der Waals surface area contributed by atoms with Crippen LogP contribution in [0, 0.1) is 0 Å². The van der Waals surface area contributed by atoms with Crippen molar-refractivity contribution in [2.24, 2.45) is 0 Å². The molecule has 2 aromatic carbocycles. The Morgan fingerprint density at radius 3 is 2.51 bits per heavy atom. The molecule has 0 saturated carbocycles. The number of aromatic amines is 1. The first-order chi connectivity index (χ1) is 17.3. The summed E-state index contributed by atoms with van der Waals surface area (Å²) in [5.74, 6) is -0.468. The lowest BCUT2D eigenvalue weighted by atomic mass is 10.0. The van der Waals surface area contributed by atoms with Gasteiger partial charge in [-0.3, -0.25) is 19.4 Å². The second-order valence-corrected chi connectivity index (χ2v) is 9.63. The van der Waals surface area contributed by atoms with Crippen LogP contribution < -0.4 is 10.5 Å². The standard InChI is InChI=1S/C26H26F3N3O5/c1-25(2,37-22(33)14-31(3)4)21-13-32(24(35)36-21)16-10-9-15-11-20(30-23(34)18(15)12-16)17-7-5-6-8-19(17)26(27,28)29/h5-12,21H,13-14H2,1-4H3,(H,30,34). The third kappa shape index (κ3) is 5.46. The van der Waals surface area contributed by atoms with E-state index in [0.29, 0.717) is 11.1 Å².